The zero-order valence-corrected chi connectivity index (χ0v) is 15.6. The number of amides is 1. The van der Waals surface area contributed by atoms with Gasteiger partial charge in [-0.3, -0.25) is 10.1 Å². The van der Waals surface area contributed by atoms with Crippen LogP contribution < -0.4 is 16.0 Å². The van der Waals surface area contributed by atoms with Crippen LogP contribution in [0, 0.1) is 0 Å². The number of rotatable bonds is 4. The molecule has 1 fully saturated rings. The molecule has 6 heteroatoms. The second-order valence-corrected chi connectivity index (χ2v) is 6.93. The lowest BCUT2D eigenvalue weighted by molar-refractivity contribution is 0.102. The molecule has 1 saturated heterocycles. The number of nitrogen functional groups attached to an aromatic ring is 1. The molecular formula is C22H23N5O. The number of aromatic nitrogens is 2. The average Bonchev–Trinajstić information content (AvgIpc) is 2.76. The van der Waals surface area contributed by atoms with Gasteiger partial charge in [0, 0.05) is 42.4 Å². The monoisotopic (exact) mass is 373 g/mol. The highest BCUT2D eigenvalue weighted by Gasteiger charge is 2.16. The van der Waals surface area contributed by atoms with Crippen molar-refractivity contribution in [3.8, 4) is 11.1 Å². The van der Waals surface area contributed by atoms with E-state index >= 15 is 0 Å². The van der Waals surface area contributed by atoms with Gasteiger partial charge in [-0.15, -0.1) is 0 Å². The summed E-state index contributed by atoms with van der Waals surface area (Å²) < 4.78 is 0. The van der Waals surface area contributed by atoms with Crippen molar-refractivity contribution in [2.45, 2.75) is 19.3 Å². The molecule has 0 aliphatic carbocycles. The van der Waals surface area contributed by atoms with Crippen molar-refractivity contribution in [3.63, 3.8) is 0 Å². The topological polar surface area (TPSA) is 84.1 Å². The molecule has 1 aromatic heterocycles. The van der Waals surface area contributed by atoms with Crippen molar-refractivity contribution in [2.24, 2.45) is 0 Å². The number of anilines is 3. The smallest absolute Gasteiger partial charge is 0.260 e. The number of hydrogen-bond donors (Lipinski definition) is 2. The van der Waals surface area contributed by atoms with Gasteiger partial charge < -0.3 is 10.6 Å². The standard InChI is InChI=1S/C22H23N5O/c23-20-10-9-18(27-11-5-2-6-12-27)13-19(20)21(28)26-22-24-14-17(15-25-22)16-7-3-1-4-8-16/h1,3-4,7-10,13-15H,2,5-6,11-12,23H2,(H,24,25,26,28). The van der Waals surface area contributed by atoms with Crippen LogP contribution in [0.5, 0.6) is 0 Å². The number of piperidine rings is 1. The van der Waals surface area contributed by atoms with Crippen molar-refractivity contribution >= 4 is 23.2 Å². The number of carbonyl (C=O) groups excluding carboxylic acids is 1. The molecule has 4 rings (SSSR count). The first-order valence-corrected chi connectivity index (χ1v) is 9.54. The van der Waals surface area contributed by atoms with Crippen molar-refractivity contribution in [1.82, 2.24) is 9.97 Å². The molecule has 0 saturated carbocycles. The molecular weight excluding hydrogens is 350 g/mol. The second kappa shape index (κ2) is 8.08. The van der Waals surface area contributed by atoms with Crippen LogP contribution in [0.15, 0.2) is 60.9 Å². The van der Waals surface area contributed by atoms with Crippen LogP contribution in [0.3, 0.4) is 0 Å². The van der Waals surface area contributed by atoms with Gasteiger partial charge in [-0.1, -0.05) is 30.3 Å². The fourth-order valence-electron chi connectivity index (χ4n) is 3.43. The molecule has 1 aliphatic rings. The Morgan fingerprint density at radius 2 is 1.64 bits per heavy atom. The molecule has 0 bridgehead atoms. The highest BCUT2D eigenvalue weighted by molar-refractivity contribution is 6.07. The summed E-state index contributed by atoms with van der Waals surface area (Å²) in [6.45, 7) is 2.02. The lowest BCUT2D eigenvalue weighted by Gasteiger charge is -2.29. The Labute approximate surface area is 164 Å². The fourth-order valence-corrected chi connectivity index (χ4v) is 3.43. The van der Waals surface area contributed by atoms with E-state index in [9.17, 15) is 4.79 Å². The number of hydrogen-bond acceptors (Lipinski definition) is 5. The molecule has 6 nitrogen and oxygen atoms in total. The van der Waals surface area contributed by atoms with Gasteiger partial charge in [0.15, 0.2) is 0 Å². The van der Waals surface area contributed by atoms with Crippen LogP contribution in [0.2, 0.25) is 0 Å². The van der Waals surface area contributed by atoms with Crippen molar-refractivity contribution in [1.29, 1.82) is 0 Å². The number of carbonyl (C=O) groups is 1. The van der Waals surface area contributed by atoms with Gasteiger partial charge >= 0.3 is 0 Å². The van der Waals surface area contributed by atoms with Crippen LogP contribution in [0.1, 0.15) is 29.6 Å². The maximum absolute atomic E-state index is 12.7. The molecule has 1 aliphatic heterocycles. The SMILES string of the molecule is Nc1ccc(N2CCCCC2)cc1C(=O)Nc1ncc(-c2ccccc2)cn1. The normalized spacial score (nSPS) is 13.9. The first kappa shape index (κ1) is 18.0. The van der Waals surface area contributed by atoms with Crippen molar-refractivity contribution < 1.29 is 4.79 Å². The van der Waals surface area contributed by atoms with E-state index in [1.807, 2.05) is 42.5 Å². The van der Waals surface area contributed by atoms with E-state index in [-0.39, 0.29) is 11.9 Å². The molecule has 142 valence electrons. The lowest BCUT2D eigenvalue weighted by atomic mass is 10.1. The summed E-state index contributed by atoms with van der Waals surface area (Å²) in [6, 6.07) is 15.5. The zero-order valence-electron chi connectivity index (χ0n) is 15.6. The molecule has 0 unspecified atom stereocenters. The fraction of sp³-hybridized carbons (Fsp3) is 0.227. The molecule has 0 radical (unpaired) electrons. The summed E-state index contributed by atoms with van der Waals surface area (Å²) in [5, 5.41) is 2.75. The maximum Gasteiger partial charge on any atom is 0.260 e. The summed E-state index contributed by atoms with van der Waals surface area (Å²) >= 11 is 0. The Balaban J connectivity index is 1.50. The molecule has 28 heavy (non-hydrogen) atoms. The summed E-state index contributed by atoms with van der Waals surface area (Å²) in [4.78, 5) is 23.6. The Hall–Kier alpha value is -3.41. The predicted octanol–water partition coefficient (Wildman–Crippen LogP) is 3.97. The minimum absolute atomic E-state index is 0.257. The van der Waals surface area contributed by atoms with E-state index in [0.29, 0.717) is 11.3 Å². The Morgan fingerprint density at radius 1 is 0.929 bits per heavy atom. The van der Waals surface area contributed by atoms with Gasteiger partial charge in [-0.25, -0.2) is 9.97 Å². The number of nitrogens with zero attached hydrogens (tertiary/aromatic N) is 3. The van der Waals surface area contributed by atoms with Gasteiger partial charge in [0.2, 0.25) is 5.95 Å². The Bertz CT molecular complexity index is 950. The maximum atomic E-state index is 12.7. The van der Waals surface area contributed by atoms with Crippen LogP contribution in [0.4, 0.5) is 17.3 Å². The third-order valence-electron chi connectivity index (χ3n) is 4.99. The number of benzene rings is 2. The van der Waals surface area contributed by atoms with Gasteiger partial charge in [-0.05, 0) is 43.0 Å². The molecule has 3 N–H and O–H groups in total. The quantitative estimate of drug-likeness (QED) is 0.676. The summed E-state index contributed by atoms with van der Waals surface area (Å²) in [7, 11) is 0. The highest BCUT2D eigenvalue weighted by atomic mass is 16.1. The minimum atomic E-state index is -0.302. The first-order chi connectivity index (χ1) is 13.7. The van der Waals surface area contributed by atoms with Crippen LogP contribution in [-0.4, -0.2) is 29.0 Å². The van der Waals surface area contributed by atoms with Gasteiger partial charge in [-0.2, -0.15) is 0 Å². The number of nitrogens with two attached hydrogens (primary N) is 1. The van der Waals surface area contributed by atoms with Crippen LogP contribution >= 0.6 is 0 Å². The van der Waals surface area contributed by atoms with Crippen molar-refractivity contribution in [3.05, 3.63) is 66.5 Å². The van der Waals surface area contributed by atoms with E-state index in [0.717, 1.165) is 29.9 Å². The van der Waals surface area contributed by atoms with E-state index in [1.54, 1.807) is 18.5 Å². The molecule has 2 aromatic carbocycles. The molecule has 1 amide bonds. The minimum Gasteiger partial charge on any atom is -0.398 e. The van der Waals surface area contributed by atoms with E-state index in [1.165, 1.54) is 19.3 Å². The average molecular weight is 373 g/mol. The van der Waals surface area contributed by atoms with Crippen molar-refractivity contribution in [2.75, 3.05) is 29.0 Å². The third-order valence-corrected chi connectivity index (χ3v) is 4.99. The Morgan fingerprint density at radius 3 is 2.36 bits per heavy atom. The van der Waals surface area contributed by atoms with E-state index in [4.69, 9.17) is 5.73 Å². The summed E-state index contributed by atoms with van der Waals surface area (Å²) in [6.07, 6.45) is 7.01. The van der Waals surface area contributed by atoms with E-state index < -0.39 is 0 Å². The molecule has 2 heterocycles. The first-order valence-electron chi connectivity index (χ1n) is 9.54. The Kier molecular flexibility index (Phi) is 5.19. The number of nitrogens with one attached hydrogen (secondary N) is 1. The summed E-state index contributed by atoms with van der Waals surface area (Å²) in [5.74, 6) is -0.0451. The third kappa shape index (κ3) is 3.96. The van der Waals surface area contributed by atoms with Crippen LogP contribution in [-0.2, 0) is 0 Å². The van der Waals surface area contributed by atoms with Crippen LogP contribution in [0.25, 0.3) is 11.1 Å². The summed E-state index contributed by atoms with van der Waals surface area (Å²) in [5.41, 5.74) is 9.89. The van der Waals surface area contributed by atoms with E-state index in [2.05, 4.69) is 20.2 Å². The second-order valence-electron chi connectivity index (χ2n) is 6.93. The lowest BCUT2D eigenvalue weighted by Crippen LogP contribution is -2.29. The predicted molar refractivity (Wildman–Crippen MR) is 112 cm³/mol. The molecule has 0 atom stereocenters. The molecule has 0 spiro atoms. The largest absolute Gasteiger partial charge is 0.398 e. The highest BCUT2D eigenvalue weighted by Crippen LogP contribution is 2.25. The molecule has 3 aromatic rings. The van der Waals surface area contributed by atoms with Gasteiger partial charge in [0.1, 0.15) is 0 Å². The van der Waals surface area contributed by atoms with Gasteiger partial charge in [0.25, 0.3) is 5.91 Å². The zero-order chi connectivity index (χ0) is 19.3. The van der Waals surface area contributed by atoms with Gasteiger partial charge in [0.05, 0.1) is 5.56 Å².